The summed E-state index contributed by atoms with van der Waals surface area (Å²) < 4.78 is 34.2. The molecule has 8 nitrogen and oxygen atoms in total. The first-order chi connectivity index (χ1) is 19.1. The molecule has 0 saturated heterocycles. The number of amides is 2. The summed E-state index contributed by atoms with van der Waals surface area (Å²) in [5, 5.41) is 2.98. The zero-order valence-electron chi connectivity index (χ0n) is 23.8. The van der Waals surface area contributed by atoms with E-state index in [1.54, 1.807) is 61.7 Å². The van der Waals surface area contributed by atoms with Crippen LogP contribution in [0.3, 0.4) is 0 Å². The Kier molecular flexibility index (Phi) is 10.7. The number of hydrogen-bond acceptors (Lipinski definition) is 5. The first kappa shape index (κ1) is 30.7. The molecule has 0 fully saturated rings. The lowest BCUT2D eigenvalue weighted by Gasteiger charge is -2.33. The van der Waals surface area contributed by atoms with Crippen molar-refractivity contribution in [3.63, 3.8) is 0 Å². The zero-order valence-corrected chi connectivity index (χ0v) is 24.6. The number of carbonyl (C=O) groups excluding carboxylic acids is 2. The Morgan fingerprint density at radius 2 is 1.60 bits per heavy atom. The van der Waals surface area contributed by atoms with Crippen LogP contribution in [0.1, 0.15) is 44.7 Å². The number of sulfonamides is 1. The minimum Gasteiger partial charge on any atom is -0.497 e. The average Bonchev–Trinajstić information content (AvgIpc) is 2.96. The fourth-order valence-corrected chi connectivity index (χ4v) is 5.70. The predicted octanol–water partition coefficient (Wildman–Crippen LogP) is 4.92. The second-order valence-corrected chi connectivity index (χ2v) is 11.6. The highest BCUT2D eigenvalue weighted by Gasteiger charge is 2.34. The molecule has 0 aliphatic carbocycles. The fourth-order valence-electron chi connectivity index (χ4n) is 4.29. The molecular weight excluding hydrogens is 526 g/mol. The van der Waals surface area contributed by atoms with Crippen molar-refractivity contribution < 1.29 is 22.7 Å². The van der Waals surface area contributed by atoms with Gasteiger partial charge in [-0.15, -0.1) is 0 Å². The Morgan fingerprint density at radius 1 is 0.925 bits per heavy atom. The van der Waals surface area contributed by atoms with Crippen molar-refractivity contribution in [2.45, 2.75) is 64.1 Å². The van der Waals surface area contributed by atoms with Gasteiger partial charge < -0.3 is 15.0 Å². The Hall–Kier alpha value is -3.85. The van der Waals surface area contributed by atoms with Crippen molar-refractivity contribution in [2.24, 2.45) is 0 Å². The third-order valence-electron chi connectivity index (χ3n) is 6.81. The quantitative estimate of drug-likeness (QED) is 0.317. The molecule has 40 heavy (non-hydrogen) atoms. The second-order valence-electron chi connectivity index (χ2n) is 9.78. The minimum atomic E-state index is -4.09. The molecule has 1 N–H and O–H groups in total. The van der Waals surface area contributed by atoms with Crippen LogP contribution in [0.4, 0.5) is 5.69 Å². The number of carbonyl (C=O) groups is 2. The van der Waals surface area contributed by atoms with Gasteiger partial charge in [0.05, 0.1) is 17.7 Å². The van der Waals surface area contributed by atoms with Crippen molar-refractivity contribution in [2.75, 3.05) is 18.0 Å². The zero-order chi connectivity index (χ0) is 29.3. The standard InChI is InChI=1S/C31H39N3O5S/c1-6-24(4)32-31(36)29(7-2)33(21-25-12-11-15-27(20-25)39-5)30(35)22-34(26-13-9-8-10-14-26)40(37,38)28-18-16-23(3)17-19-28/h8-20,24,29H,6-7,21-22H2,1-5H3,(H,32,36). The Labute approximate surface area is 238 Å². The second kappa shape index (κ2) is 14.0. The van der Waals surface area contributed by atoms with E-state index < -0.39 is 28.5 Å². The van der Waals surface area contributed by atoms with E-state index >= 15 is 0 Å². The maximum Gasteiger partial charge on any atom is 0.264 e. The van der Waals surface area contributed by atoms with Crippen molar-refractivity contribution in [3.05, 3.63) is 90.0 Å². The van der Waals surface area contributed by atoms with E-state index in [4.69, 9.17) is 4.74 Å². The highest BCUT2D eigenvalue weighted by Crippen LogP contribution is 2.25. The summed E-state index contributed by atoms with van der Waals surface area (Å²) in [4.78, 5) is 29.0. The summed E-state index contributed by atoms with van der Waals surface area (Å²) >= 11 is 0. The number of rotatable bonds is 13. The SMILES string of the molecule is CCC(C)NC(=O)C(CC)N(Cc1cccc(OC)c1)C(=O)CN(c1ccccc1)S(=O)(=O)c1ccc(C)cc1. The lowest BCUT2D eigenvalue weighted by molar-refractivity contribution is -0.140. The third kappa shape index (κ3) is 7.63. The number of aryl methyl sites for hydroxylation is 1. The summed E-state index contributed by atoms with van der Waals surface area (Å²) in [6, 6.07) is 21.4. The van der Waals surface area contributed by atoms with Crippen LogP contribution in [-0.4, -0.2) is 50.9 Å². The van der Waals surface area contributed by atoms with Gasteiger partial charge in [-0.3, -0.25) is 13.9 Å². The van der Waals surface area contributed by atoms with Gasteiger partial charge in [0, 0.05) is 12.6 Å². The predicted molar refractivity (Wildman–Crippen MR) is 158 cm³/mol. The molecule has 0 aliphatic heterocycles. The molecule has 3 aromatic rings. The number of ether oxygens (including phenoxy) is 1. The molecule has 9 heteroatoms. The molecule has 2 unspecified atom stereocenters. The maximum atomic E-state index is 14.1. The maximum absolute atomic E-state index is 14.1. The van der Waals surface area contributed by atoms with Crippen molar-refractivity contribution in [1.82, 2.24) is 10.2 Å². The summed E-state index contributed by atoms with van der Waals surface area (Å²) in [5.74, 6) is -0.149. The van der Waals surface area contributed by atoms with Gasteiger partial charge in [-0.05, 0) is 68.7 Å². The molecule has 0 heterocycles. The summed E-state index contributed by atoms with van der Waals surface area (Å²) in [5.41, 5.74) is 2.04. The van der Waals surface area contributed by atoms with E-state index in [-0.39, 0.29) is 23.4 Å². The molecule has 0 radical (unpaired) electrons. The largest absolute Gasteiger partial charge is 0.497 e. The van der Waals surface area contributed by atoms with Gasteiger partial charge in [-0.25, -0.2) is 8.42 Å². The van der Waals surface area contributed by atoms with Crippen LogP contribution in [-0.2, 0) is 26.2 Å². The smallest absolute Gasteiger partial charge is 0.264 e. The lowest BCUT2D eigenvalue weighted by atomic mass is 10.1. The molecule has 0 saturated carbocycles. The highest BCUT2D eigenvalue weighted by molar-refractivity contribution is 7.92. The number of nitrogens with zero attached hydrogens (tertiary/aromatic N) is 2. The molecule has 2 amide bonds. The van der Waals surface area contributed by atoms with Crippen molar-refractivity contribution in [1.29, 1.82) is 0 Å². The van der Waals surface area contributed by atoms with E-state index in [9.17, 15) is 18.0 Å². The van der Waals surface area contributed by atoms with Crippen LogP contribution in [0, 0.1) is 6.92 Å². The number of benzene rings is 3. The fraction of sp³-hybridized carbons (Fsp3) is 0.355. The van der Waals surface area contributed by atoms with Gasteiger partial charge in [-0.1, -0.05) is 61.9 Å². The third-order valence-corrected chi connectivity index (χ3v) is 8.59. The topological polar surface area (TPSA) is 96.0 Å². The van der Waals surface area contributed by atoms with E-state index in [1.807, 2.05) is 39.8 Å². The van der Waals surface area contributed by atoms with Crippen LogP contribution < -0.4 is 14.4 Å². The van der Waals surface area contributed by atoms with Gasteiger partial charge >= 0.3 is 0 Å². The van der Waals surface area contributed by atoms with Crippen molar-refractivity contribution in [3.8, 4) is 5.75 Å². The molecule has 0 aromatic heterocycles. The Morgan fingerprint density at radius 3 is 2.20 bits per heavy atom. The first-order valence-corrected chi connectivity index (χ1v) is 14.9. The van der Waals surface area contributed by atoms with Crippen LogP contribution in [0.15, 0.2) is 83.8 Å². The Bertz CT molecular complexity index is 1380. The van der Waals surface area contributed by atoms with Crippen LogP contribution in [0.5, 0.6) is 5.75 Å². The van der Waals surface area contributed by atoms with E-state index in [2.05, 4.69) is 5.32 Å². The van der Waals surface area contributed by atoms with Crippen LogP contribution in [0.2, 0.25) is 0 Å². The molecule has 0 spiro atoms. The summed E-state index contributed by atoms with van der Waals surface area (Å²) in [7, 11) is -2.53. The number of hydrogen-bond donors (Lipinski definition) is 1. The molecular formula is C31H39N3O5S. The van der Waals surface area contributed by atoms with Gasteiger partial charge in [0.15, 0.2) is 0 Å². The molecule has 2 atom stereocenters. The van der Waals surface area contributed by atoms with Gasteiger partial charge in [0.2, 0.25) is 11.8 Å². The average molecular weight is 566 g/mol. The van der Waals surface area contributed by atoms with Crippen molar-refractivity contribution >= 4 is 27.5 Å². The highest BCUT2D eigenvalue weighted by atomic mass is 32.2. The normalized spacial score (nSPS) is 12.7. The molecule has 3 aromatic carbocycles. The van der Waals surface area contributed by atoms with Crippen LogP contribution >= 0.6 is 0 Å². The summed E-state index contributed by atoms with van der Waals surface area (Å²) in [6.45, 7) is 7.22. The summed E-state index contributed by atoms with van der Waals surface area (Å²) in [6.07, 6.45) is 1.09. The molecule has 214 valence electrons. The van der Waals surface area contributed by atoms with E-state index in [0.717, 1.165) is 21.9 Å². The number of methoxy groups -OCH3 is 1. The molecule has 0 bridgehead atoms. The van der Waals surface area contributed by atoms with E-state index in [1.165, 1.54) is 17.0 Å². The minimum absolute atomic E-state index is 0.0712. The Balaban J connectivity index is 2.04. The molecule has 3 rings (SSSR count). The lowest BCUT2D eigenvalue weighted by Crippen LogP contribution is -2.53. The molecule has 0 aliphatic rings. The van der Waals surface area contributed by atoms with E-state index in [0.29, 0.717) is 17.9 Å². The van der Waals surface area contributed by atoms with Gasteiger partial charge in [0.1, 0.15) is 18.3 Å². The van der Waals surface area contributed by atoms with Gasteiger partial charge in [0.25, 0.3) is 10.0 Å². The van der Waals surface area contributed by atoms with Crippen LogP contribution in [0.25, 0.3) is 0 Å². The first-order valence-electron chi connectivity index (χ1n) is 13.5. The number of para-hydroxylation sites is 1. The monoisotopic (exact) mass is 565 g/mol. The number of anilines is 1. The number of nitrogens with one attached hydrogen (secondary N) is 1. The van der Waals surface area contributed by atoms with Gasteiger partial charge in [-0.2, -0.15) is 0 Å².